The first-order valence-corrected chi connectivity index (χ1v) is 7.57. The Morgan fingerprint density at radius 3 is 2.81 bits per heavy atom. The number of carbonyl (C=O) groups excluding carboxylic acids is 1. The molecule has 0 N–H and O–H groups in total. The van der Waals surface area contributed by atoms with Gasteiger partial charge in [-0.2, -0.15) is 5.26 Å². The predicted molar refractivity (Wildman–Crippen MR) is 82.1 cm³/mol. The van der Waals surface area contributed by atoms with Crippen molar-refractivity contribution >= 4 is 5.78 Å². The monoisotopic (exact) mass is 285 g/mol. The molecular formula is C18H23NO2. The molecule has 3 heteroatoms. The maximum atomic E-state index is 12.9. The molecule has 1 aliphatic rings. The predicted octanol–water partition coefficient (Wildman–Crippen LogP) is 4.09. The van der Waals surface area contributed by atoms with Crippen molar-refractivity contribution in [3.63, 3.8) is 0 Å². The summed E-state index contributed by atoms with van der Waals surface area (Å²) in [6.07, 6.45) is 4.21. The van der Waals surface area contributed by atoms with Crippen LogP contribution in [0.2, 0.25) is 0 Å². The summed E-state index contributed by atoms with van der Waals surface area (Å²) in [6.45, 7) is 4.30. The average molecular weight is 285 g/mol. The van der Waals surface area contributed by atoms with Crippen LogP contribution in [0.3, 0.4) is 0 Å². The number of benzene rings is 1. The van der Waals surface area contributed by atoms with Crippen LogP contribution in [0.1, 0.15) is 51.0 Å². The van der Waals surface area contributed by atoms with Gasteiger partial charge in [-0.1, -0.05) is 38.8 Å². The van der Waals surface area contributed by atoms with Crippen molar-refractivity contribution in [2.24, 2.45) is 11.3 Å². The van der Waals surface area contributed by atoms with Gasteiger partial charge in [-0.3, -0.25) is 4.79 Å². The molecule has 1 aromatic carbocycles. The molecule has 2 unspecified atom stereocenters. The molecule has 0 spiro atoms. The van der Waals surface area contributed by atoms with Crippen LogP contribution in [-0.4, -0.2) is 12.9 Å². The van der Waals surface area contributed by atoms with Gasteiger partial charge < -0.3 is 4.74 Å². The molecule has 0 aliphatic heterocycles. The minimum Gasteiger partial charge on any atom is -0.497 e. The summed E-state index contributed by atoms with van der Waals surface area (Å²) in [5.74, 6) is 0.0310. The van der Waals surface area contributed by atoms with Gasteiger partial charge in [0.05, 0.1) is 13.2 Å². The molecule has 1 aromatic rings. The van der Waals surface area contributed by atoms with Crippen molar-refractivity contribution < 1.29 is 9.53 Å². The van der Waals surface area contributed by atoms with Gasteiger partial charge in [-0.15, -0.1) is 0 Å². The molecule has 2 rings (SSSR count). The van der Waals surface area contributed by atoms with Crippen LogP contribution in [0, 0.1) is 22.7 Å². The Kier molecular flexibility index (Phi) is 4.67. The molecule has 0 radical (unpaired) electrons. The smallest absolute Gasteiger partial charge is 0.158 e. The van der Waals surface area contributed by atoms with Crippen molar-refractivity contribution in [2.45, 2.75) is 45.4 Å². The fraction of sp³-hybridized carbons (Fsp3) is 0.556. The number of ether oxygens (including phenoxy) is 1. The van der Waals surface area contributed by atoms with Crippen LogP contribution in [0.15, 0.2) is 24.3 Å². The van der Waals surface area contributed by atoms with E-state index in [9.17, 15) is 10.1 Å². The van der Waals surface area contributed by atoms with Crippen molar-refractivity contribution in [1.29, 1.82) is 5.26 Å². The van der Waals surface area contributed by atoms with Gasteiger partial charge in [-0.05, 0) is 36.0 Å². The van der Waals surface area contributed by atoms with Gasteiger partial charge in [-0.25, -0.2) is 0 Å². The van der Waals surface area contributed by atoms with E-state index in [2.05, 4.69) is 19.9 Å². The second-order valence-electron chi connectivity index (χ2n) is 6.53. The summed E-state index contributed by atoms with van der Waals surface area (Å²) < 4.78 is 5.19. The zero-order valence-corrected chi connectivity index (χ0v) is 13.1. The molecular weight excluding hydrogens is 262 g/mol. The van der Waals surface area contributed by atoms with Crippen molar-refractivity contribution in [3.05, 3.63) is 29.8 Å². The Hall–Kier alpha value is -1.82. The lowest BCUT2D eigenvalue weighted by molar-refractivity contribution is -0.128. The quantitative estimate of drug-likeness (QED) is 0.837. The molecule has 0 amide bonds. The Balaban J connectivity index is 2.28. The number of nitriles is 1. The van der Waals surface area contributed by atoms with Crippen LogP contribution in [0.4, 0.5) is 0 Å². The lowest BCUT2D eigenvalue weighted by atomic mass is 9.65. The highest BCUT2D eigenvalue weighted by molar-refractivity contribution is 5.91. The largest absolute Gasteiger partial charge is 0.497 e. The van der Waals surface area contributed by atoms with E-state index in [1.807, 2.05) is 18.2 Å². The van der Waals surface area contributed by atoms with Crippen molar-refractivity contribution in [3.8, 4) is 11.8 Å². The Morgan fingerprint density at radius 1 is 1.43 bits per heavy atom. The number of carbonyl (C=O) groups is 1. The van der Waals surface area contributed by atoms with E-state index in [-0.39, 0.29) is 17.1 Å². The normalized spacial score (nSPS) is 22.1. The number of rotatable bonds is 4. The summed E-state index contributed by atoms with van der Waals surface area (Å²) in [4.78, 5) is 12.9. The zero-order valence-electron chi connectivity index (χ0n) is 13.1. The maximum absolute atomic E-state index is 12.9. The summed E-state index contributed by atoms with van der Waals surface area (Å²) in [6, 6.07) is 9.49. The first kappa shape index (κ1) is 15.6. The van der Waals surface area contributed by atoms with Gasteiger partial charge in [0.25, 0.3) is 0 Å². The van der Waals surface area contributed by atoms with Gasteiger partial charge in [0, 0.05) is 5.92 Å². The first-order chi connectivity index (χ1) is 9.99. The first-order valence-electron chi connectivity index (χ1n) is 7.57. The molecule has 2 atom stereocenters. The number of methoxy groups -OCH3 is 1. The molecule has 1 saturated carbocycles. The van der Waals surface area contributed by atoms with E-state index >= 15 is 0 Å². The molecule has 0 heterocycles. The SMILES string of the molecule is COc1cccc(C(C#N)C(=O)C2CCCCC2(C)C)c1. The third-order valence-electron chi connectivity index (χ3n) is 4.69. The van der Waals surface area contributed by atoms with Crippen molar-refractivity contribution in [2.75, 3.05) is 7.11 Å². The highest BCUT2D eigenvalue weighted by Gasteiger charge is 2.40. The minimum absolute atomic E-state index is 0.0106. The maximum Gasteiger partial charge on any atom is 0.158 e. The lowest BCUT2D eigenvalue weighted by Gasteiger charge is -2.38. The second kappa shape index (κ2) is 6.30. The summed E-state index contributed by atoms with van der Waals surface area (Å²) in [5, 5.41) is 9.50. The molecule has 1 fully saturated rings. The highest BCUT2D eigenvalue weighted by Crippen LogP contribution is 2.43. The van der Waals surface area contributed by atoms with E-state index in [4.69, 9.17) is 4.74 Å². The van der Waals surface area contributed by atoms with Crippen LogP contribution < -0.4 is 4.74 Å². The number of ketones is 1. The van der Waals surface area contributed by atoms with Gasteiger partial charge >= 0.3 is 0 Å². The molecule has 1 aliphatic carbocycles. The number of hydrogen-bond donors (Lipinski definition) is 0. The molecule has 0 aromatic heterocycles. The lowest BCUT2D eigenvalue weighted by Crippen LogP contribution is -2.36. The molecule has 112 valence electrons. The Morgan fingerprint density at radius 2 is 2.19 bits per heavy atom. The van der Waals surface area contributed by atoms with E-state index < -0.39 is 5.92 Å². The topological polar surface area (TPSA) is 50.1 Å². The van der Waals surface area contributed by atoms with Crippen molar-refractivity contribution in [1.82, 2.24) is 0 Å². The Labute approximate surface area is 126 Å². The average Bonchev–Trinajstić information content (AvgIpc) is 2.47. The van der Waals surface area contributed by atoms with Crippen LogP contribution >= 0.6 is 0 Å². The summed E-state index contributed by atoms with van der Waals surface area (Å²) in [7, 11) is 1.59. The molecule has 21 heavy (non-hydrogen) atoms. The van der Waals surface area contributed by atoms with Crippen LogP contribution in [0.5, 0.6) is 5.75 Å². The number of hydrogen-bond acceptors (Lipinski definition) is 3. The standard InChI is InChI=1S/C18H23NO2/c1-18(2)10-5-4-9-16(18)17(20)15(12-19)13-7-6-8-14(11-13)21-3/h6-8,11,15-16H,4-5,9-10H2,1-3H3. The van der Waals surface area contributed by atoms with E-state index in [1.165, 1.54) is 6.42 Å². The fourth-order valence-electron chi connectivity index (χ4n) is 3.35. The number of nitrogens with zero attached hydrogens (tertiary/aromatic N) is 1. The van der Waals surface area contributed by atoms with Gasteiger partial charge in [0.2, 0.25) is 0 Å². The number of Topliss-reactive ketones (excluding diaryl/α,β-unsaturated/α-hetero) is 1. The summed E-state index contributed by atoms with van der Waals surface area (Å²) >= 11 is 0. The minimum atomic E-state index is -0.692. The summed E-state index contributed by atoms with van der Waals surface area (Å²) in [5.41, 5.74) is 0.728. The van der Waals surface area contributed by atoms with Gasteiger partial charge in [0.15, 0.2) is 5.78 Å². The van der Waals surface area contributed by atoms with Crippen LogP contribution in [-0.2, 0) is 4.79 Å². The van der Waals surface area contributed by atoms with Crippen LogP contribution in [0.25, 0.3) is 0 Å². The third-order valence-corrected chi connectivity index (χ3v) is 4.69. The second-order valence-corrected chi connectivity index (χ2v) is 6.53. The third kappa shape index (κ3) is 3.26. The van der Waals surface area contributed by atoms with E-state index in [0.29, 0.717) is 5.75 Å². The van der Waals surface area contributed by atoms with E-state index in [0.717, 1.165) is 24.8 Å². The zero-order chi connectivity index (χ0) is 15.5. The van der Waals surface area contributed by atoms with Gasteiger partial charge in [0.1, 0.15) is 11.7 Å². The molecule has 0 saturated heterocycles. The fourth-order valence-corrected chi connectivity index (χ4v) is 3.35. The van der Waals surface area contributed by atoms with E-state index in [1.54, 1.807) is 13.2 Å². The Bertz CT molecular complexity index is 557. The molecule has 0 bridgehead atoms. The molecule has 3 nitrogen and oxygen atoms in total. The highest BCUT2D eigenvalue weighted by atomic mass is 16.5.